The van der Waals surface area contributed by atoms with Crippen LogP contribution in [0, 0.1) is 6.92 Å². The topological polar surface area (TPSA) is 67.2 Å². The third-order valence-electron chi connectivity index (χ3n) is 5.51. The molecule has 31 heavy (non-hydrogen) atoms. The number of fused-ring (bicyclic) bond motifs is 2. The molecule has 0 aliphatic carbocycles. The van der Waals surface area contributed by atoms with Crippen LogP contribution < -0.4 is 9.80 Å². The molecule has 5 rings (SSSR count). The van der Waals surface area contributed by atoms with E-state index in [-0.39, 0.29) is 5.91 Å². The van der Waals surface area contributed by atoms with Crippen molar-refractivity contribution in [1.82, 2.24) is 19.7 Å². The van der Waals surface area contributed by atoms with E-state index in [0.29, 0.717) is 47.7 Å². The van der Waals surface area contributed by atoms with Gasteiger partial charge in [0.1, 0.15) is 5.15 Å². The molecular weight excluding hydrogens is 412 g/mol. The first-order chi connectivity index (χ1) is 15.0. The molecule has 156 valence electrons. The first kappa shape index (κ1) is 19.5. The Hall–Kier alpha value is -3.45. The highest BCUT2D eigenvalue weighted by Gasteiger charge is 2.32. The second-order valence-electron chi connectivity index (χ2n) is 7.63. The fraction of sp³-hybridized carbons (Fsp3) is 0.217. The lowest BCUT2D eigenvalue weighted by Gasteiger charge is -2.33. The SMILES string of the molecule is Cc1nn(Cc2ccccc2)c(Cl)c1C(=O)N1CCN(C)c2nc3ccccc3nc21. The summed E-state index contributed by atoms with van der Waals surface area (Å²) in [7, 11) is 1.96. The second kappa shape index (κ2) is 7.67. The molecule has 7 nitrogen and oxygen atoms in total. The molecule has 0 radical (unpaired) electrons. The van der Waals surface area contributed by atoms with Gasteiger partial charge in [0.2, 0.25) is 0 Å². The van der Waals surface area contributed by atoms with Crippen LogP contribution in [0.4, 0.5) is 11.6 Å². The van der Waals surface area contributed by atoms with Crippen molar-refractivity contribution in [1.29, 1.82) is 0 Å². The summed E-state index contributed by atoms with van der Waals surface area (Å²) < 4.78 is 1.67. The van der Waals surface area contributed by atoms with Crippen LogP contribution in [0.2, 0.25) is 5.15 Å². The van der Waals surface area contributed by atoms with Crippen LogP contribution in [0.5, 0.6) is 0 Å². The van der Waals surface area contributed by atoms with Crippen LogP contribution in [0.3, 0.4) is 0 Å². The summed E-state index contributed by atoms with van der Waals surface area (Å²) in [4.78, 5) is 26.8. The summed E-state index contributed by atoms with van der Waals surface area (Å²) >= 11 is 6.65. The van der Waals surface area contributed by atoms with Crippen LogP contribution in [-0.2, 0) is 6.54 Å². The number of hydrogen-bond acceptors (Lipinski definition) is 5. The number of likely N-dealkylation sites (N-methyl/N-ethyl adjacent to an activating group) is 1. The number of benzene rings is 2. The fourth-order valence-electron chi connectivity index (χ4n) is 3.87. The van der Waals surface area contributed by atoms with Crippen molar-refractivity contribution in [2.45, 2.75) is 13.5 Å². The highest BCUT2D eigenvalue weighted by Crippen LogP contribution is 2.33. The third-order valence-corrected chi connectivity index (χ3v) is 5.89. The van der Waals surface area contributed by atoms with Crippen LogP contribution in [0.25, 0.3) is 11.0 Å². The van der Waals surface area contributed by atoms with Gasteiger partial charge in [-0.2, -0.15) is 5.10 Å². The van der Waals surface area contributed by atoms with Crippen molar-refractivity contribution in [2.75, 3.05) is 29.9 Å². The number of aromatic nitrogens is 4. The molecule has 0 fully saturated rings. The van der Waals surface area contributed by atoms with E-state index in [4.69, 9.17) is 21.6 Å². The normalized spacial score (nSPS) is 13.5. The van der Waals surface area contributed by atoms with Gasteiger partial charge in [-0.05, 0) is 24.6 Å². The van der Waals surface area contributed by atoms with Gasteiger partial charge in [0.05, 0.1) is 28.8 Å². The number of nitrogens with zero attached hydrogens (tertiary/aromatic N) is 6. The molecule has 8 heteroatoms. The van der Waals surface area contributed by atoms with Gasteiger partial charge >= 0.3 is 0 Å². The number of halogens is 1. The average molecular weight is 433 g/mol. The Kier molecular flexibility index (Phi) is 4.82. The Balaban J connectivity index is 1.54. The molecule has 2 aromatic heterocycles. The molecule has 1 amide bonds. The Labute approximate surface area is 184 Å². The summed E-state index contributed by atoms with van der Waals surface area (Å²) in [5, 5.41) is 4.87. The average Bonchev–Trinajstić information content (AvgIpc) is 3.06. The molecular formula is C23H21ClN6O. The molecule has 1 aliphatic heterocycles. The van der Waals surface area contributed by atoms with Gasteiger partial charge in [-0.1, -0.05) is 54.1 Å². The van der Waals surface area contributed by atoms with Crippen molar-refractivity contribution < 1.29 is 4.79 Å². The number of carbonyl (C=O) groups excluding carboxylic acids is 1. The monoisotopic (exact) mass is 432 g/mol. The van der Waals surface area contributed by atoms with E-state index >= 15 is 0 Å². The van der Waals surface area contributed by atoms with Gasteiger partial charge in [0.15, 0.2) is 11.6 Å². The molecule has 0 saturated heterocycles. The second-order valence-corrected chi connectivity index (χ2v) is 7.99. The lowest BCUT2D eigenvalue weighted by Crippen LogP contribution is -2.44. The zero-order valence-corrected chi connectivity index (χ0v) is 18.0. The van der Waals surface area contributed by atoms with Gasteiger partial charge < -0.3 is 4.90 Å². The zero-order valence-electron chi connectivity index (χ0n) is 17.3. The quantitative estimate of drug-likeness (QED) is 0.490. The summed E-state index contributed by atoms with van der Waals surface area (Å²) in [5.74, 6) is 1.02. The standard InChI is InChI=1S/C23H21ClN6O/c1-15-19(20(24)30(27-15)14-16-8-4-3-5-9-16)23(31)29-13-12-28(2)21-22(29)26-18-11-7-6-10-17(18)25-21/h3-11H,12-14H2,1-2H3. The number of para-hydroxylation sites is 2. The maximum absolute atomic E-state index is 13.6. The molecule has 2 aromatic carbocycles. The Morgan fingerprint density at radius 3 is 2.32 bits per heavy atom. The van der Waals surface area contributed by atoms with E-state index < -0.39 is 0 Å². The summed E-state index contributed by atoms with van der Waals surface area (Å²) in [6.45, 7) is 3.46. The Morgan fingerprint density at radius 1 is 0.968 bits per heavy atom. The first-order valence-corrected chi connectivity index (χ1v) is 10.5. The van der Waals surface area contributed by atoms with Gasteiger partial charge in [0, 0.05) is 20.1 Å². The highest BCUT2D eigenvalue weighted by molar-refractivity contribution is 6.34. The van der Waals surface area contributed by atoms with E-state index in [1.54, 1.807) is 9.58 Å². The number of carbonyl (C=O) groups is 1. The number of amides is 1. The Morgan fingerprint density at radius 2 is 1.61 bits per heavy atom. The summed E-state index contributed by atoms with van der Waals surface area (Å²) in [5.41, 5.74) is 3.61. The van der Waals surface area contributed by atoms with Crippen LogP contribution in [-0.4, -0.2) is 45.8 Å². The molecule has 0 spiro atoms. The summed E-state index contributed by atoms with van der Waals surface area (Å²) in [6.07, 6.45) is 0. The predicted octanol–water partition coefficient (Wildman–Crippen LogP) is 3.93. The number of anilines is 2. The van der Waals surface area contributed by atoms with Crippen LogP contribution in [0.1, 0.15) is 21.6 Å². The molecule has 1 aliphatic rings. The highest BCUT2D eigenvalue weighted by atomic mass is 35.5. The van der Waals surface area contributed by atoms with Gasteiger partial charge in [-0.15, -0.1) is 0 Å². The van der Waals surface area contributed by atoms with Gasteiger partial charge in [-0.25, -0.2) is 14.6 Å². The number of rotatable bonds is 3. The van der Waals surface area contributed by atoms with E-state index in [9.17, 15) is 4.79 Å². The first-order valence-electron chi connectivity index (χ1n) is 10.1. The number of aryl methyl sites for hydroxylation is 1. The molecule has 4 aromatic rings. The Bertz CT molecular complexity index is 1290. The van der Waals surface area contributed by atoms with Crippen molar-refractivity contribution in [2.24, 2.45) is 0 Å². The molecule has 0 unspecified atom stereocenters. The molecule has 0 saturated carbocycles. The third kappa shape index (κ3) is 3.41. The van der Waals surface area contributed by atoms with Crippen molar-refractivity contribution >= 4 is 40.2 Å². The largest absolute Gasteiger partial charge is 0.355 e. The van der Waals surface area contributed by atoms with E-state index in [0.717, 1.165) is 16.6 Å². The molecule has 0 atom stereocenters. The minimum absolute atomic E-state index is 0.208. The lowest BCUT2D eigenvalue weighted by atomic mass is 10.2. The maximum atomic E-state index is 13.6. The van der Waals surface area contributed by atoms with Crippen LogP contribution in [0.15, 0.2) is 54.6 Å². The summed E-state index contributed by atoms with van der Waals surface area (Å²) in [6, 6.07) is 17.6. The minimum Gasteiger partial charge on any atom is -0.355 e. The smallest absolute Gasteiger partial charge is 0.264 e. The van der Waals surface area contributed by atoms with Gasteiger partial charge in [-0.3, -0.25) is 9.69 Å². The minimum atomic E-state index is -0.208. The van der Waals surface area contributed by atoms with E-state index in [1.807, 2.05) is 73.5 Å². The van der Waals surface area contributed by atoms with E-state index in [1.165, 1.54) is 0 Å². The van der Waals surface area contributed by atoms with Gasteiger partial charge in [0.25, 0.3) is 5.91 Å². The maximum Gasteiger partial charge on any atom is 0.264 e. The van der Waals surface area contributed by atoms with Crippen molar-refractivity contribution in [3.63, 3.8) is 0 Å². The van der Waals surface area contributed by atoms with Crippen molar-refractivity contribution in [3.05, 3.63) is 76.6 Å². The lowest BCUT2D eigenvalue weighted by molar-refractivity contribution is 0.0985. The fourth-order valence-corrected chi connectivity index (χ4v) is 4.19. The van der Waals surface area contributed by atoms with E-state index in [2.05, 4.69) is 5.10 Å². The van der Waals surface area contributed by atoms with Crippen LogP contribution >= 0.6 is 11.6 Å². The molecule has 0 N–H and O–H groups in total. The number of hydrogen-bond donors (Lipinski definition) is 0. The molecule has 3 heterocycles. The molecule has 0 bridgehead atoms. The van der Waals surface area contributed by atoms with Crippen molar-refractivity contribution in [3.8, 4) is 0 Å². The predicted molar refractivity (Wildman–Crippen MR) is 122 cm³/mol. The zero-order chi connectivity index (χ0) is 21.5.